The molecule has 3 heterocycles. The molecule has 0 radical (unpaired) electrons. The minimum atomic E-state index is -1.63. The molecule has 0 saturated carbocycles. The zero-order chi connectivity index (χ0) is 38.2. The Labute approximate surface area is 316 Å². The van der Waals surface area contributed by atoms with Crippen LogP contribution in [-0.2, 0) is 24.1 Å². The second kappa shape index (κ2) is 17.6. The smallest absolute Gasteiger partial charge is 0.278 e. The number of hydrogen-bond donors (Lipinski definition) is 1. The second-order valence-electron chi connectivity index (χ2n) is 13.4. The highest BCUT2D eigenvalue weighted by molar-refractivity contribution is 7.44. The number of nitrogens with one attached hydrogen (secondary N) is 1. The van der Waals surface area contributed by atoms with Crippen LogP contribution < -0.4 is 15.0 Å². The predicted molar refractivity (Wildman–Crippen MR) is 205 cm³/mol. The Balaban J connectivity index is 1.43. The molecule has 4 atom stereocenters. The molecule has 5 aromatic rings. The third kappa shape index (κ3) is 8.20. The van der Waals surface area contributed by atoms with Crippen molar-refractivity contribution in [1.29, 1.82) is 5.26 Å². The molecule has 1 N–H and O–H groups in total. The average molecular weight is 755 g/mol. The molecule has 1 unspecified atom stereocenters. The van der Waals surface area contributed by atoms with Gasteiger partial charge >= 0.3 is 0 Å². The number of aromatic nitrogens is 4. The normalized spacial score (nSPS) is 18.0. The minimum absolute atomic E-state index is 0.0930. The van der Waals surface area contributed by atoms with Gasteiger partial charge in [0.25, 0.3) is 14.1 Å². The molecular weight excluding hydrogens is 707 g/mol. The summed E-state index contributed by atoms with van der Waals surface area (Å²) < 4.78 is 42.4. The topological polar surface area (TPSA) is 146 Å². The number of fused-ring (bicyclic) bond motifs is 1. The third-order valence-electron chi connectivity index (χ3n) is 9.38. The molecule has 284 valence electrons. The maximum atomic E-state index is 12.6. The third-order valence-corrected chi connectivity index (χ3v) is 11.5. The van der Waals surface area contributed by atoms with Crippen LogP contribution in [0.2, 0.25) is 0 Å². The van der Waals surface area contributed by atoms with E-state index in [2.05, 4.69) is 53.4 Å². The first-order chi connectivity index (χ1) is 26.2. The van der Waals surface area contributed by atoms with E-state index in [1.807, 2.05) is 78.9 Å². The van der Waals surface area contributed by atoms with Crippen molar-refractivity contribution in [2.24, 2.45) is 0 Å². The zero-order valence-electron chi connectivity index (χ0n) is 31.4. The number of imidazole rings is 1. The Bertz CT molecular complexity index is 1990. The van der Waals surface area contributed by atoms with Crippen molar-refractivity contribution in [2.75, 3.05) is 27.4 Å². The van der Waals surface area contributed by atoms with Gasteiger partial charge in [-0.1, -0.05) is 54.6 Å². The summed E-state index contributed by atoms with van der Waals surface area (Å²) in [5.74, 6) is 1.44. The van der Waals surface area contributed by atoms with E-state index in [-0.39, 0.29) is 42.8 Å². The summed E-state index contributed by atoms with van der Waals surface area (Å²) >= 11 is 0. The maximum Gasteiger partial charge on any atom is 0.278 e. The van der Waals surface area contributed by atoms with Gasteiger partial charge in [0.05, 0.1) is 58.7 Å². The Morgan fingerprint density at radius 1 is 0.944 bits per heavy atom. The van der Waals surface area contributed by atoms with E-state index in [9.17, 15) is 10.1 Å². The SMILES string of the molecule is COc1ccc(C(OC[C@H]2O[C@@H](n3cnc4c(=O)[nH]cnc43)C[C@@H]2OP(OCCC#N)N(C(C)C)C(C)C)(c2ccccc2)c2ccc(OC)cc2)cc1. The van der Waals surface area contributed by atoms with Crippen molar-refractivity contribution >= 4 is 19.7 Å². The highest BCUT2D eigenvalue weighted by Crippen LogP contribution is 2.51. The Kier molecular flexibility index (Phi) is 12.8. The summed E-state index contributed by atoms with van der Waals surface area (Å²) in [7, 11) is 1.65. The van der Waals surface area contributed by atoms with Crippen LogP contribution >= 0.6 is 8.53 Å². The van der Waals surface area contributed by atoms with Gasteiger partial charge < -0.3 is 33.0 Å². The molecule has 1 aliphatic heterocycles. The van der Waals surface area contributed by atoms with Crippen LogP contribution in [0.1, 0.15) is 63.5 Å². The lowest BCUT2D eigenvalue weighted by atomic mass is 9.80. The van der Waals surface area contributed by atoms with E-state index >= 15 is 0 Å². The number of hydrogen-bond acceptors (Lipinski definition) is 11. The number of H-pyrrole nitrogens is 1. The Hall–Kier alpha value is -4.67. The summed E-state index contributed by atoms with van der Waals surface area (Å²) in [6.45, 7) is 8.71. The predicted octanol–water partition coefficient (Wildman–Crippen LogP) is 7.09. The highest BCUT2D eigenvalue weighted by atomic mass is 31.2. The summed E-state index contributed by atoms with van der Waals surface area (Å²) in [6.07, 6.45) is 1.83. The average Bonchev–Trinajstić information content (AvgIpc) is 3.80. The zero-order valence-corrected chi connectivity index (χ0v) is 32.3. The van der Waals surface area contributed by atoms with Crippen LogP contribution in [0.5, 0.6) is 11.5 Å². The van der Waals surface area contributed by atoms with E-state index in [4.69, 9.17) is 28.0 Å². The van der Waals surface area contributed by atoms with Gasteiger partial charge in [0.2, 0.25) is 0 Å². The van der Waals surface area contributed by atoms with Crippen molar-refractivity contribution in [3.8, 4) is 17.6 Å². The minimum Gasteiger partial charge on any atom is -0.497 e. The lowest BCUT2D eigenvalue weighted by molar-refractivity contribution is -0.0912. The first kappa shape index (κ1) is 39.0. The van der Waals surface area contributed by atoms with E-state index < -0.39 is 32.6 Å². The fourth-order valence-electron chi connectivity index (χ4n) is 6.90. The van der Waals surface area contributed by atoms with Gasteiger partial charge in [0, 0.05) is 18.5 Å². The molecule has 0 aliphatic carbocycles. The standard InChI is InChI=1S/C40H47N6O7P/c1-27(2)46(28(3)4)54(51-22-10-21-41)53-34-23-36(45-26-44-37-38(45)42-25-43-39(37)47)52-35(34)24-50-40(29-11-8-7-9-12-29,30-13-17-32(48-5)18-14-30)31-15-19-33(49-6)20-16-31/h7-9,11-20,25-28,34-36H,10,22-24H2,1-6H3,(H,42,43,47)/t34-,35+,36+,54?/m0/s1. The largest absolute Gasteiger partial charge is 0.497 e. The molecule has 13 nitrogen and oxygen atoms in total. The van der Waals surface area contributed by atoms with Gasteiger partial charge in [0.15, 0.2) is 11.2 Å². The van der Waals surface area contributed by atoms with Crippen LogP contribution in [0, 0.1) is 11.3 Å². The summed E-state index contributed by atoms with van der Waals surface area (Å²) in [6, 6.07) is 28.1. The van der Waals surface area contributed by atoms with E-state index in [0.717, 1.165) is 28.2 Å². The number of aromatic amines is 1. The summed E-state index contributed by atoms with van der Waals surface area (Å²) in [4.78, 5) is 24.0. The molecule has 1 aliphatic rings. The van der Waals surface area contributed by atoms with Crippen molar-refractivity contribution in [3.05, 3.63) is 119 Å². The van der Waals surface area contributed by atoms with Crippen molar-refractivity contribution in [1.82, 2.24) is 24.2 Å². The maximum absolute atomic E-state index is 12.6. The van der Waals surface area contributed by atoms with E-state index in [1.165, 1.54) is 6.33 Å². The summed E-state index contributed by atoms with van der Waals surface area (Å²) in [5, 5.41) is 9.33. The van der Waals surface area contributed by atoms with Crippen LogP contribution in [0.3, 0.4) is 0 Å². The fourth-order valence-corrected chi connectivity index (χ4v) is 8.66. The quantitative estimate of drug-likeness (QED) is 0.0590. The molecule has 0 amide bonds. The van der Waals surface area contributed by atoms with Crippen LogP contribution in [0.4, 0.5) is 0 Å². The monoisotopic (exact) mass is 754 g/mol. The molecule has 3 aromatic carbocycles. The molecule has 1 saturated heterocycles. The Morgan fingerprint density at radius 3 is 2.13 bits per heavy atom. The first-order valence-corrected chi connectivity index (χ1v) is 19.1. The summed E-state index contributed by atoms with van der Waals surface area (Å²) in [5.41, 5.74) is 1.84. The number of ether oxygens (including phenoxy) is 4. The number of rotatable bonds is 17. The number of nitrogens with zero attached hydrogens (tertiary/aromatic N) is 5. The number of benzene rings is 3. The van der Waals surface area contributed by atoms with Gasteiger partial charge in [-0.15, -0.1) is 0 Å². The van der Waals surface area contributed by atoms with Gasteiger partial charge in [-0.25, -0.2) is 14.6 Å². The molecule has 2 aromatic heterocycles. The van der Waals surface area contributed by atoms with Gasteiger partial charge in [-0.3, -0.25) is 9.36 Å². The van der Waals surface area contributed by atoms with Crippen LogP contribution in [0.15, 0.2) is 96.3 Å². The van der Waals surface area contributed by atoms with Crippen LogP contribution in [-0.4, -0.2) is 75.9 Å². The molecule has 0 spiro atoms. The lowest BCUT2D eigenvalue weighted by Crippen LogP contribution is -2.39. The fraction of sp³-hybridized carbons (Fsp3) is 0.400. The molecular formula is C40H47N6O7P. The second-order valence-corrected chi connectivity index (χ2v) is 14.8. The molecule has 0 bridgehead atoms. The highest BCUT2D eigenvalue weighted by Gasteiger charge is 2.45. The molecule has 6 rings (SSSR count). The molecule has 14 heteroatoms. The van der Waals surface area contributed by atoms with E-state index in [0.29, 0.717) is 12.1 Å². The van der Waals surface area contributed by atoms with Gasteiger partial charge in [0.1, 0.15) is 29.4 Å². The lowest BCUT2D eigenvalue weighted by Gasteiger charge is -2.39. The van der Waals surface area contributed by atoms with Crippen LogP contribution in [0.25, 0.3) is 11.2 Å². The molecule has 1 fully saturated rings. The number of nitriles is 1. The van der Waals surface area contributed by atoms with Crippen molar-refractivity contribution in [2.45, 2.75) is 76.7 Å². The first-order valence-electron chi connectivity index (χ1n) is 18.0. The van der Waals surface area contributed by atoms with E-state index in [1.54, 1.807) is 25.1 Å². The van der Waals surface area contributed by atoms with Gasteiger partial charge in [-0.05, 0) is 68.7 Å². The Morgan fingerprint density at radius 2 is 1.56 bits per heavy atom. The van der Waals surface area contributed by atoms with Crippen molar-refractivity contribution < 1.29 is 28.0 Å². The van der Waals surface area contributed by atoms with Crippen molar-refractivity contribution in [3.63, 3.8) is 0 Å². The van der Waals surface area contributed by atoms with Gasteiger partial charge in [-0.2, -0.15) is 5.26 Å². The molecule has 54 heavy (non-hydrogen) atoms. The number of methoxy groups -OCH3 is 2.